The number of carbonyl (C=O) groups excluding carboxylic acids is 1. The van der Waals surface area contributed by atoms with Crippen LogP contribution < -0.4 is 9.64 Å². The lowest BCUT2D eigenvalue weighted by Crippen LogP contribution is -2.47. The van der Waals surface area contributed by atoms with Crippen LogP contribution in [0.15, 0.2) is 104 Å². The first-order valence-corrected chi connectivity index (χ1v) is 17.4. The van der Waals surface area contributed by atoms with Crippen LogP contribution in [0, 0.1) is 0 Å². The van der Waals surface area contributed by atoms with Crippen molar-refractivity contribution in [3.63, 3.8) is 0 Å². The van der Waals surface area contributed by atoms with Crippen LogP contribution in [0.1, 0.15) is 75.8 Å². The lowest BCUT2D eigenvalue weighted by Gasteiger charge is -2.34. The predicted molar refractivity (Wildman–Crippen MR) is 192 cm³/mol. The standard InChI is InChI=1S/C40H46N4O6/c1-4-5-6-7-14-19-34(46)50-36-33(26-45)49-39(40(36,2)47)43-25-24-32-37(43)41-27-42-38(32)44(30-20-22-31(48-3)23-21-30)35(28-15-10-8-11-16-28)29-17-12-9-13-18-29/h8-13,15-18,20-25,27,33,35-36,39,45,47H,4-7,14,19,26H2,1-3H3/t33-,36-,39-,40-/m1/s1. The van der Waals surface area contributed by atoms with Gasteiger partial charge in [0.05, 0.1) is 25.1 Å². The van der Waals surface area contributed by atoms with Gasteiger partial charge in [0, 0.05) is 18.3 Å². The number of benzene rings is 3. The van der Waals surface area contributed by atoms with Gasteiger partial charge in [-0.2, -0.15) is 0 Å². The zero-order valence-electron chi connectivity index (χ0n) is 28.9. The van der Waals surface area contributed by atoms with Gasteiger partial charge in [0.1, 0.15) is 35.2 Å². The molecule has 0 amide bonds. The van der Waals surface area contributed by atoms with E-state index in [0.29, 0.717) is 23.3 Å². The number of hydrogen-bond donors (Lipinski definition) is 2. The largest absolute Gasteiger partial charge is 0.497 e. The number of carbonyl (C=O) groups is 1. The van der Waals surface area contributed by atoms with Gasteiger partial charge in [-0.3, -0.25) is 4.79 Å². The number of anilines is 2. The molecule has 0 spiro atoms. The lowest BCUT2D eigenvalue weighted by molar-refractivity contribution is -0.164. The van der Waals surface area contributed by atoms with Crippen molar-refractivity contribution in [2.24, 2.45) is 0 Å². The number of aliphatic hydroxyl groups excluding tert-OH is 1. The summed E-state index contributed by atoms with van der Waals surface area (Å²) in [6.45, 7) is 3.29. The fourth-order valence-electron chi connectivity index (χ4n) is 6.88. The maximum atomic E-state index is 12.9. The summed E-state index contributed by atoms with van der Waals surface area (Å²) >= 11 is 0. The number of aliphatic hydroxyl groups is 2. The van der Waals surface area contributed by atoms with Crippen LogP contribution in [0.3, 0.4) is 0 Å². The molecule has 5 aromatic rings. The van der Waals surface area contributed by atoms with E-state index in [1.54, 1.807) is 24.8 Å². The Bertz CT molecular complexity index is 1790. The van der Waals surface area contributed by atoms with E-state index in [1.165, 1.54) is 6.33 Å². The van der Waals surface area contributed by atoms with Gasteiger partial charge in [0.15, 0.2) is 12.3 Å². The second-order valence-electron chi connectivity index (χ2n) is 13.0. The van der Waals surface area contributed by atoms with E-state index in [2.05, 4.69) is 41.1 Å². The minimum absolute atomic E-state index is 0.243. The molecule has 4 atom stereocenters. The molecule has 2 N–H and O–H groups in total. The topological polar surface area (TPSA) is 119 Å². The highest BCUT2D eigenvalue weighted by Gasteiger charge is 2.56. The Hall–Kier alpha value is -4.77. The van der Waals surface area contributed by atoms with E-state index in [9.17, 15) is 15.0 Å². The van der Waals surface area contributed by atoms with Crippen LogP contribution in [-0.4, -0.2) is 62.2 Å². The summed E-state index contributed by atoms with van der Waals surface area (Å²) in [7, 11) is 1.64. The van der Waals surface area contributed by atoms with Crippen molar-refractivity contribution in [2.45, 2.75) is 82.5 Å². The van der Waals surface area contributed by atoms with Gasteiger partial charge in [-0.1, -0.05) is 93.3 Å². The average molecular weight is 679 g/mol. The van der Waals surface area contributed by atoms with Crippen LogP contribution in [0.5, 0.6) is 5.75 Å². The average Bonchev–Trinajstić information content (AvgIpc) is 3.68. The number of methoxy groups -OCH3 is 1. The van der Waals surface area contributed by atoms with E-state index in [1.807, 2.05) is 66.7 Å². The van der Waals surface area contributed by atoms with Gasteiger partial charge in [-0.25, -0.2) is 9.97 Å². The van der Waals surface area contributed by atoms with Gasteiger partial charge in [-0.05, 0) is 54.8 Å². The third kappa shape index (κ3) is 7.23. The van der Waals surface area contributed by atoms with E-state index < -0.39 is 36.6 Å². The van der Waals surface area contributed by atoms with Crippen molar-refractivity contribution in [1.29, 1.82) is 0 Å². The zero-order valence-corrected chi connectivity index (χ0v) is 28.9. The van der Waals surface area contributed by atoms with Crippen LogP contribution in [-0.2, 0) is 14.3 Å². The van der Waals surface area contributed by atoms with Gasteiger partial charge in [0.25, 0.3) is 0 Å². The monoisotopic (exact) mass is 678 g/mol. The van der Waals surface area contributed by atoms with Crippen molar-refractivity contribution in [1.82, 2.24) is 14.5 Å². The minimum Gasteiger partial charge on any atom is -0.497 e. The second-order valence-corrected chi connectivity index (χ2v) is 13.0. The summed E-state index contributed by atoms with van der Waals surface area (Å²) in [6, 6.07) is 30.0. The number of ether oxygens (including phenoxy) is 3. The van der Waals surface area contributed by atoms with Crippen molar-refractivity contribution < 1.29 is 29.2 Å². The Kier molecular flexibility index (Phi) is 11.1. The molecule has 0 bridgehead atoms. The molecule has 0 aliphatic carbocycles. The summed E-state index contributed by atoms with van der Waals surface area (Å²) in [4.78, 5) is 24.6. The molecule has 3 aromatic carbocycles. The molecule has 2 aromatic heterocycles. The second kappa shape index (κ2) is 15.8. The first-order valence-electron chi connectivity index (χ1n) is 17.4. The molecule has 1 saturated heterocycles. The van der Waals surface area contributed by atoms with Gasteiger partial charge in [-0.15, -0.1) is 0 Å². The Morgan fingerprint density at radius 3 is 2.22 bits per heavy atom. The highest BCUT2D eigenvalue weighted by Crippen LogP contribution is 2.45. The summed E-state index contributed by atoms with van der Waals surface area (Å²) in [5, 5.41) is 22.9. The maximum Gasteiger partial charge on any atom is 0.306 e. The molecule has 10 nitrogen and oxygen atoms in total. The van der Waals surface area contributed by atoms with Gasteiger partial charge in [0.2, 0.25) is 0 Å². The first kappa shape index (κ1) is 35.1. The number of hydrogen-bond acceptors (Lipinski definition) is 9. The highest BCUT2D eigenvalue weighted by molar-refractivity contribution is 5.91. The molecule has 3 heterocycles. The number of rotatable bonds is 15. The van der Waals surface area contributed by atoms with E-state index in [-0.39, 0.29) is 12.5 Å². The van der Waals surface area contributed by atoms with Crippen molar-refractivity contribution in [3.8, 4) is 5.75 Å². The summed E-state index contributed by atoms with van der Waals surface area (Å²) in [5.74, 6) is 0.952. The van der Waals surface area contributed by atoms with Crippen molar-refractivity contribution in [3.05, 3.63) is 115 Å². The molecular formula is C40H46N4O6. The van der Waals surface area contributed by atoms with Crippen LogP contribution >= 0.6 is 0 Å². The molecule has 6 rings (SSSR count). The van der Waals surface area contributed by atoms with E-state index >= 15 is 0 Å². The molecule has 0 radical (unpaired) electrons. The Labute approximate surface area is 293 Å². The Balaban J connectivity index is 1.39. The molecule has 1 fully saturated rings. The summed E-state index contributed by atoms with van der Waals surface area (Å²) in [5.41, 5.74) is 1.84. The number of nitrogens with zero attached hydrogens (tertiary/aromatic N) is 4. The molecule has 10 heteroatoms. The number of aromatic nitrogens is 3. The first-order chi connectivity index (χ1) is 24.4. The van der Waals surface area contributed by atoms with Gasteiger partial charge >= 0.3 is 5.97 Å². The smallest absolute Gasteiger partial charge is 0.306 e. The Morgan fingerprint density at radius 2 is 1.60 bits per heavy atom. The third-order valence-corrected chi connectivity index (χ3v) is 9.45. The Morgan fingerprint density at radius 1 is 0.940 bits per heavy atom. The molecule has 262 valence electrons. The number of esters is 1. The maximum absolute atomic E-state index is 12.9. The SMILES string of the molecule is CCCCCCCC(=O)O[C@@H]1[C@@H](CO)O[C@@H](n2ccc3c(N(c4ccc(OC)cc4)C(c4ccccc4)c4ccccc4)ncnc32)[C@]1(C)O. The van der Waals surface area contributed by atoms with Crippen LogP contribution in [0.2, 0.25) is 0 Å². The third-order valence-electron chi connectivity index (χ3n) is 9.45. The molecular weight excluding hydrogens is 632 g/mol. The summed E-state index contributed by atoms with van der Waals surface area (Å²) in [6.07, 6.45) is 5.49. The molecule has 1 aliphatic heterocycles. The summed E-state index contributed by atoms with van der Waals surface area (Å²) < 4.78 is 19.3. The fourth-order valence-corrected chi connectivity index (χ4v) is 6.88. The minimum atomic E-state index is -1.67. The fraction of sp³-hybridized carbons (Fsp3) is 0.375. The van der Waals surface area contributed by atoms with Crippen LogP contribution in [0.25, 0.3) is 11.0 Å². The quantitative estimate of drug-likeness (QED) is 0.0870. The normalized spacial score (nSPS) is 20.3. The molecule has 0 unspecified atom stereocenters. The number of fused-ring (bicyclic) bond motifs is 1. The van der Waals surface area contributed by atoms with E-state index in [0.717, 1.165) is 48.2 Å². The van der Waals surface area contributed by atoms with Crippen LogP contribution in [0.4, 0.5) is 11.5 Å². The zero-order chi connectivity index (χ0) is 35.1. The highest BCUT2D eigenvalue weighted by atomic mass is 16.6. The number of unbranched alkanes of at least 4 members (excludes halogenated alkanes) is 4. The predicted octanol–water partition coefficient (Wildman–Crippen LogP) is 7.28. The molecule has 1 aliphatic rings. The van der Waals surface area contributed by atoms with Crippen molar-refractivity contribution in [2.75, 3.05) is 18.6 Å². The molecule has 0 saturated carbocycles. The van der Waals surface area contributed by atoms with Gasteiger partial charge < -0.3 is 33.9 Å². The lowest BCUT2D eigenvalue weighted by atomic mass is 9.96. The van der Waals surface area contributed by atoms with E-state index in [4.69, 9.17) is 19.2 Å². The molecule has 50 heavy (non-hydrogen) atoms. The van der Waals surface area contributed by atoms with Crippen molar-refractivity contribution >= 4 is 28.5 Å².